The lowest BCUT2D eigenvalue weighted by Gasteiger charge is -2.36. The van der Waals surface area contributed by atoms with Gasteiger partial charge < -0.3 is 10.2 Å². The quantitative estimate of drug-likeness (QED) is 0.722. The van der Waals surface area contributed by atoms with Crippen LogP contribution in [0.25, 0.3) is 10.7 Å². The lowest BCUT2D eigenvalue weighted by molar-refractivity contribution is -0.133. The highest BCUT2D eigenvalue weighted by Gasteiger charge is 2.28. The second-order valence-corrected chi connectivity index (χ2v) is 7.67. The molecule has 1 fully saturated rings. The van der Waals surface area contributed by atoms with Gasteiger partial charge in [-0.2, -0.15) is 0 Å². The molecule has 2 aromatic heterocycles. The van der Waals surface area contributed by atoms with Crippen molar-refractivity contribution in [3.05, 3.63) is 65.1 Å². The Balaban J connectivity index is 1.48. The third kappa shape index (κ3) is 4.10. The number of amides is 1. The zero-order valence-electron chi connectivity index (χ0n) is 15.8. The fourth-order valence-electron chi connectivity index (χ4n) is 3.45. The van der Waals surface area contributed by atoms with Crippen LogP contribution in [0.5, 0.6) is 0 Å². The molecule has 1 aromatic carbocycles. The molecule has 28 heavy (non-hydrogen) atoms. The second kappa shape index (κ2) is 8.58. The van der Waals surface area contributed by atoms with E-state index in [-0.39, 0.29) is 11.9 Å². The van der Waals surface area contributed by atoms with Crippen LogP contribution in [0.3, 0.4) is 0 Å². The van der Waals surface area contributed by atoms with Gasteiger partial charge in [0.05, 0.1) is 24.4 Å². The lowest BCUT2D eigenvalue weighted by Crippen LogP contribution is -2.49. The van der Waals surface area contributed by atoms with Gasteiger partial charge in [-0.1, -0.05) is 31.2 Å². The van der Waals surface area contributed by atoms with Gasteiger partial charge in [-0.15, -0.1) is 11.3 Å². The molecule has 7 heteroatoms. The average Bonchev–Trinajstić information content (AvgIpc) is 3.23. The molecule has 0 radical (unpaired) electrons. The fourth-order valence-corrected chi connectivity index (χ4v) is 4.23. The van der Waals surface area contributed by atoms with Crippen molar-refractivity contribution < 1.29 is 4.79 Å². The Morgan fingerprint density at radius 1 is 1.29 bits per heavy atom. The number of nitrogens with one attached hydrogen (secondary N) is 1. The maximum Gasteiger partial charge on any atom is 0.229 e. The molecule has 144 valence electrons. The molecule has 3 heterocycles. The molecule has 1 saturated heterocycles. The molecule has 4 rings (SSSR count). The van der Waals surface area contributed by atoms with Gasteiger partial charge in [-0.25, -0.2) is 4.98 Å². The number of carbonyl (C=O) groups excluding carboxylic acids is 1. The van der Waals surface area contributed by atoms with Crippen LogP contribution in [0.4, 0.5) is 0 Å². The molecular formula is C21H23N5OS. The molecular weight excluding hydrogens is 370 g/mol. The van der Waals surface area contributed by atoms with Gasteiger partial charge >= 0.3 is 0 Å². The van der Waals surface area contributed by atoms with Crippen molar-refractivity contribution in [3.8, 4) is 10.7 Å². The van der Waals surface area contributed by atoms with Crippen LogP contribution < -0.4 is 5.32 Å². The third-order valence-electron chi connectivity index (χ3n) is 5.00. The average molecular weight is 394 g/mol. The van der Waals surface area contributed by atoms with E-state index in [0.717, 1.165) is 35.9 Å². The summed E-state index contributed by atoms with van der Waals surface area (Å²) in [6.45, 7) is 4.45. The van der Waals surface area contributed by atoms with Crippen LogP contribution in [0.2, 0.25) is 0 Å². The molecule has 0 bridgehead atoms. The standard InChI is InChI=1S/C21H23N5OS/c1-2-15-3-5-16(6-4-15)19-13-23-9-10-26(19)20(27)11-17-14-28-21(25-17)18-12-22-7-8-24-18/h3-8,12,14,19,23H,2,9-11,13H2,1H3. The van der Waals surface area contributed by atoms with E-state index in [1.807, 2.05) is 10.3 Å². The number of piperazine rings is 1. The van der Waals surface area contributed by atoms with Crippen molar-refractivity contribution in [1.29, 1.82) is 0 Å². The van der Waals surface area contributed by atoms with Gasteiger partial charge in [0.15, 0.2) is 0 Å². The summed E-state index contributed by atoms with van der Waals surface area (Å²) in [6.07, 6.45) is 6.30. The number of benzene rings is 1. The fraction of sp³-hybridized carbons (Fsp3) is 0.333. The molecule has 1 aliphatic heterocycles. The van der Waals surface area contributed by atoms with Crippen LogP contribution in [-0.4, -0.2) is 45.4 Å². The Kier molecular flexibility index (Phi) is 5.73. The molecule has 0 spiro atoms. The summed E-state index contributed by atoms with van der Waals surface area (Å²) in [6, 6.07) is 8.66. The van der Waals surface area contributed by atoms with Gasteiger partial charge in [0.1, 0.15) is 10.7 Å². The minimum absolute atomic E-state index is 0.0604. The smallest absolute Gasteiger partial charge is 0.229 e. The first-order chi connectivity index (χ1) is 13.7. The van der Waals surface area contributed by atoms with E-state index in [9.17, 15) is 4.79 Å². The highest BCUT2D eigenvalue weighted by atomic mass is 32.1. The molecule has 1 unspecified atom stereocenters. The topological polar surface area (TPSA) is 71.0 Å². The van der Waals surface area contributed by atoms with Gasteiger partial charge in [0, 0.05) is 37.4 Å². The van der Waals surface area contributed by atoms with Crippen molar-refractivity contribution in [2.24, 2.45) is 0 Å². The van der Waals surface area contributed by atoms with Gasteiger partial charge in [0.2, 0.25) is 5.91 Å². The summed E-state index contributed by atoms with van der Waals surface area (Å²) in [4.78, 5) is 28.0. The number of rotatable bonds is 5. The highest BCUT2D eigenvalue weighted by Crippen LogP contribution is 2.25. The number of hydrogen-bond donors (Lipinski definition) is 1. The molecule has 3 aromatic rings. The Labute approximate surface area is 168 Å². The lowest BCUT2D eigenvalue weighted by atomic mass is 10.0. The molecule has 1 atom stereocenters. The van der Waals surface area contributed by atoms with E-state index < -0.39 is 0 Å². The zero-order chi connectivity index (χ0) is 19.3. The number of nitrogens with zero attached hydrogens (tertiary/aromatic N) is 4. The summed E-state index contributed by atoms with van der Waals surface area (Å²) in [5.41, 5.74) is 4.01. The van der Waals surface area contributed by atoms with E-state index in [1.165, 1.54) is 22.5 Å². The first-order valence-corrected chi connectivity index (χ1v) is 10.4. The number of carbonyl (C=O) groups is 1. The van der Waals surface area contributed by atoms with Crippen molar-refractivity contribution in [1.82, 2.24) is 25.2 Å². The van der Waals surface area contributed by atoms with Crippen molar-refractivity contribution in [2.75, 3.05) is 19.6 Å². The first kappa shape index (κ1) is 18.7. The molecule has 0 saturated carbocycles. The maximum atomic E-state index is 13.1. The van der Waals surface area contributed by atoms with Gasteiger partial charge in [0.25, 0.3) is 0 Å². The van der Waals surface area contributed by atoms with Gasteiger partial charge in [-0.3, -0.25) is 14.8 Å². The number of aryl methyl sites for hydroxylation is 1. The minimum Gasteiger partial charge on any atom is -0.333 e. The SMILES string of the molecule is CCc1ccc(C2CNCCN2C(=O)Cc2csc(-c3cnccn3)n2)cc1. The molecule has 1 aliphatic rings. The summed E-state index contributed by atoms with van der Waals surface area (Å²) >= 11 is 1.50. The molecule has 6 nitrogen and oxygen atoms in total. The monoisotopic (exact) mass is 393 g/mol. The summed E-state index contributed by atoms with van der Waals surface area (Å²) in [5, 5.41) is 6.15. The van der Waals surface area contributed by atoms with Crippen LogP contribution in [0, 0.1) is 0 Å². The third-order valence-corrected chi connectivity index (χ3v) is 5.92. The summed E-state index contributed by atoms with van der Waals surface area (Å²) in [7, 11) is 0. The van der Waals surface area contributed by atoms with E-state index >= 15 is 0 Å². The maximum absolute atomic E-state index is 13.1. The second-order valence-electron chi connectivity index (χ2n) is 6.81. The van der Waals surface area contributed by atoms with E-state index in [1.54, 1.807) is 18.6 Å². The van der Waals surface area contributed by atoms with Crippen LogP contribution in [0.15, 0.2) is 48.2 Å². The molecule has 1 N–H and O–H groups in total. The Morgan fingerprint density at radius 2 is 2.14 bits per heavy atom. The largest absolute Gasteiger partial charge is 0.333 e. The first-order valence-electron chi connectivity index (χ1n) is 9.54. The number of thiazole rings is 1. The Bertz CT molecular complexity index is 925. The molecule has 1 amide bonds. The predicted octanol–water partition coefficient (Wildman–Crippen LogP) is 2.88. The Morgan fingerprint density at radius 3 is 2.89 bits per heavy atom. The van der Waals surface area contributed by atoms with E-state index in [2.05, 4.69) is 51.5 Å². The van der Waals surface area contributed by atoms with Crippen molar-refractivity contribution in [2.45, 2.75) is 25.8 Å². The predicted molar refractivity (Wildman–Crippen MR) is 110 cm³/mol. The number of aromatic nitrogens is 3. The van der Waals surface area contributed by atoms with Crippen LogP contribution >= 0.6 is 11.3 Å². The zero-order valence-corrected chi connectivity index (χ0v) is 16.7. The van der Waals surface area contributed by atoms with Crippen molar-refractivity contribution >= 4 is 17.2 Å². The van der Waals surface area contributed by atoms with E-state index in [4.69, 9.17) is 0 Å². The van der Waals surface area contributed by atoms with Crippen molar-refractivity contribution in [3.63, 3.8) is 0 Å². The van der Waals surface area contributed by atoms with E-state index in [0.29, 0.717) is 13.0 Å². The normalized spacial score (nSPS) is 16.9. The van der Waals surface area contributed by atoms with Gasteiger partial charge in [-0.05, 0) is 17.5 Å². The summed E-state index contributed by atoms with van der Waals surface area (Å²) in [5.74, 6) is 0.113. The Hall–Kier alpha value is -2.64. The number of hydrogen-bond acceptors (Lipinski definition) is 6. The van der Waals surface area contributed by atoms with Crippen LogP contribution in [-0.2, 0) is 17.6 Å². The minimum atomic E-state index is 0.0604. The molecule has 0 aliphatic carbocycles. The summed E-state index contributed by atoms with van der Waals surface area (Å²) < 4.78 is 0. The highest BCUT2D eigenvalue weighted by molar-refractivity contribution is 7.13. The van der Waals surface area contributed by atoms with Crippen LogP contribution in [0.1, 0.15) is 29.8 Å².